The predicted molar refractivity (Wildman–Crippen MR) is 49.7 cm³/mol. The first kappa shape index (κ1) is 9.92. The smallest absolute Gasteiger partial charge is 0.176 e. The Labute approximate surface area is 77.3 Å². The van der Waals surface area contributed by atoms with Crippen LogP contribution in [0.2, 0.25) is 0 Å². The van der Waals surface area contributed by atoms with Gasteiger partial charge in [0.2, 0.25) is 0 Å². The number of carbonyl (C=O) groups is 1. The first-order chi connectivity index (χ1) is 5.96. The Hall–Kier alpha value is -1.16. The maximum Gasteiger partial charge on any atom is 0.176 e. The van der Waals surface area contributed by atoms with Crippen molar-refractivity contribution in [2.24, 2.45) is 0 Å². The third kappa shape index (κ3) is 1.95. The van der Waals surface area contributed by atoms with Crippen molar-refractivity contribution in [1.82, 2.24) is 0 Å². The van der Waals surface area contributed by atoms with Gasteiger partial charge in [-0.1, -0.05) is 18.2 Å². The van der Waals surface area contributed by atoms with Crippen LogP contribution < -0.4 is 0 Å². The lowest BCUT2D eigenvalue weighted by atomic mass is 10.1. The van der Waals surface area contributed by atoms with E-state index in [-0.39, 0.29) is 10.5 Å². The molecule has 1 aromatic carbocycles. The van der Waals surface area contributed by atoms with Crippen molar-refractivity contribution < 1.29 is 13.2 Å². The van der Waals surface area contributed by atoms with Gasteiger partial charge >= 0.3 is 0 Å². The van der Waals surface area contributed by atoms with Gasteiger partial charge < -0.3 is 0 Å². The van der Waals surface area contributed by atoms with Gasteiger partial charge in [-0.2, -0.15) is 0 Å². The van der Waals surface area contributed by atoms with Crippen LogP contribution in [0.5, 0.6) is 0 Å². The van der Waals surface area contributed by atoms with Gasteiger partial charge in [0.15, 0.2) is 16.1 Å². The molecular weight excluding hydrogens is 188 g/mol. The second kappa shape index (κ2) is 3.30. The summed E-state index contributed by atoms with van der Waals surface area (Å²) in [4.78, 5) is 10.7. The van der Waals surface area contributed by atoms with Crippen LogP contribution in [0.3, 0.4) is 0 Å². The minimum absolute atomic E-state index is 0.130. The summed E-state index contributed by atoms with van der Waals surface area (Å²) in [6.07, 6.45) is 1.66. The number of benzene rings is 1. The molecule has 0 atom stereocenters. The molecule has 0 aliphatic heterocycles. The van der Waals surface area contributed by atoms with Crippen LogP contribution in [-0.2, 0) is 9.84 Å². The number of rotatable bonds is 2. The van der Waals surface area contributed by atoms with Crippen LogP contribution in [0, 0.1) is 6.92 Å². The van der Waals surface area contributed by atoms with Gasteiger partial charge in [0.25, 0.3) is 0 Å². The summed E-state index contributed by atoms with van der Waals surface area (Å²) >= 11 is 0. The molecule has 0 aromatic heterocycles. The third-order valence-electron chi connectivity index (χ3n) is 1.74. The Kier molecular flexibility index (Phi) is 2.52. The van der Waals surface area contributed by atoms with Gasteiger partial charge in [-0.25, -0.2) is 8.42 Å². The van der Waals surface area contributed by atoms with Gasteiger partial charge in [-0.05, 0) is 12.5 Å². The SMILES string of the molecule is Cc1cccc(C=O)c1S(C)(=O)=O. The number of hydrogen-bond donors (Lipinski definition) is 0. The summed E-state index contributed by atoms with van der Waals surface area (Å²) < 4.78 is 22.5. The summed E-state index contributed by atoms with van der Waals surface area (Å²) in [5.74, 6) is 0. The number of sulfone groups is 1. The van der Waals surface area contributed by atoms with Crippen molar-refractivity contribution in [3.63, 3.8) is 0 Å². The Bertz CT molecular complexity index is 432. The topological polar surface area (TPSA) is 51.2 Å². The monoisotopic (exact) mass is 198 g/mol. The molecular formula is C9H10O3S. The fraction of sp³-hybridized carbons (Fsp3) is 0.222. The molecule has 4 heteroatoms. The lowest BCUT2D eigenvalue weighted by molar-refractivity contribution is 0.112. The molecule has 0 saturated carbocycles. The minimum Gasteiger partial charge on any atom is -0.298 e. The number of hydrogen-bond acceptors (Lipinski definition) is 3. The molecule has 0 unspecified atom stereocenters. The average molecular weight is 198 g/mol. The van der Waals surface area contributed by atoms with Crippen LogP contribution in [0.15, 0.2) is 23.1 Å². The molecule has 0 radical (unpaired) electrons. The standard InChI is InChI=1S/C9H10O3S/c1-7-4-3-5-8(6-10)9(7)13(2,11)12/h3-6H,1-2H3. The second-order valence-electron chi connectivity index (χ2n) is 2.88. The van der Waals surface area contributed by atoms with Gasteiger partial charge in [0.05, 0.1) is 4.90 Å². The van der Waals surface area contributed by atoms with Crippen molar-refractivity contribution in [2.75, 3.05) is 6.26 Å². The predicted octanol–water partition coefficient (Wildman–Crippen LogP) is 1.21. The van der Waals surface area contributed by atoms with Gasteiger partial charge in [-0.3, -0.25) is 4.79 Å². The molecule has 0 fully saturated rings. The van der Waals surface area contributed by atoms with E-state index in [2.05, 4.69) is 0 Å². The maximum absolute atomic E-state index is 11.3. The molecule has 13 heavy (non-hydrogen) atoms. The van der Waals surface area contributed by atoms with Gasteiger partial charge in [0.1, 0.15) is 0 Å². The first-order valence-corrected chi connectivity index (χ1v) is 5.61. The molecule has 0 spiro atoms. The van der Waals surface area contributed by atoms with E-state index >= 15 is 0 Å². The highest BCUT2D eigenvalue weighted by Gasteiger charge is 2.14. The molecule has 0 aliphatic carbocycles. The van der Waals surface area contributed by atoms with E-state index in [1.54, 1.807) is 19.1 Å². The van der Waals surface area contributed by atoms with Gasteiger partial charge in [-0.15, -0.1) is 0 Å². The number of carbonyl (C=O) groups excluding carboxylic acids is 1. The summed E-state index contributed by atoms with van der Waals surface area (Å²) in [5.41, 5.74) is 0.828. The van der Waals surface area contributed by atoms with Crippen LogP contribution in [0.1, 0.15) is 15.9 Å². The largest absolute Gasteiger partial charge is 0.298 e. The van der Waals surface area contributed by atoms with E-state index in [4.69, 9.17) is 0 Å². The summed E-state index contributed by atoms with van der Waals surface area (Å²) in [7, 11) is -3.31. The number of aryl methyl sites for hydroxylation is 1. The van der Waals surface area contributed by atoms with Crippen LogP contribution in [-0.4, -0.2) is 21.0 Å². The molecule has 1 rings (SSSR count). The average Bonchev–Trinajstić information content (AvgIpc) is 2.01. The van der Waals surface area contributed by atoms with Crippen LogP contribution in [0.4, 0.5) is 0 Å². The van der Waals surface area contributed by atoms with Crippen molar-refractivity contribution in [3.8, 4) is 0 Å². The van der Waals surface area contributed by atoms with Crippen molar-refractivity contribution >= 4 is 16.1 Å². The minimum atomic E-state index is -3.31. The normalized spacial score (nSPS) is 11.2. The van der Waals surface area contributed by atoms with Crippen molar-refractivity contribution in [3.05, 3.63) is 29.3 Å². The van der Waals surface area contributed by atoms with Crippen molar-refractivity contribution in [1.29, 1.82) is 0 Å². The molecule has 0 heterocycles. The van der Waals surface area contributed by atoms with Crippen LogP contribution in [0.25, 0.3) is 0 Å². The second-order valence-corrected chi connectivity index (χ2v) is 4.84. The summed E-state index contributed by atoms with van der Waals surface area (Å²) in [6, 6.07) is 4.83. The maximum atomic E-state index is 11.3. The van der Waals surface area contributed by atoms with Gasteiger partial charge in [0, 0.05) is 11.8 Å². The Morgan fingerprint density at radius 1 is 1.31 bits per heavy atom. The highest BCUT2D eigenvalue weighted by molar-refractivity contribution is 7.90. The zero-order valence-electron chi connectivity index (χ0n) is 7.44. The van der Waals surface area contributed by atoms with E-state index in [9.17, 15) is 13.2 Å². The quantitative estimate of drug-likeness (QED) is 0.671. The fourth-order valence-electron chi connectivity index (χ4n) is 1.27. The molecule has 0 bridgehead atoms. The summed E-state index contributed by atoms with van der Waals surface area (Å²) in [5, 5.41) is 0. The van der Waals surface area contributed by atoms with Crippen molar-refractivity contribution in [2.45, 2.75) is 11.8 Å². The molecule has 70 valence electrons. The highest BCUT2D eigenvalue weighted by atomic mass is 32.2. The molecule has 1 aromatic rings. The Morgan fingerprint density at radius 2 is 1.92 bits per heavy atom. The van der Waals surface area contributed by atoms with E-state index in [0.29, 0.717) is 11.8 Å². The van der Waals surface area contributed by atoms with E-state index in [1.165, 1.54) is 6.07 Å². The molecule has 0 amide bonds. The molecule has 3 nitrogen and oxygen atoms in total. The molecule has 0 saturated heterocycles. The Balaban J connectivity index is 3.59. The Morgan fingerprint density at radius 3 is 2.31 bits per heavy atom. The lowest BCUT2D eigenvalue weighted by Gasteiger charge is -2.05. The fourth-order valence-corrected chi connectivity index (χ4v) is 2.47. The lowest BCUT2D eigenvalue weighted by Crippen LogP contribution is -2.04. The zero-order chi connectivity index (χ0) is 10.1. The van der Waals surface area contributed by atoms with E-state index < -0.39 is 9.84 Å². The van der Waals surface area contributed by atoms with E-state index in [1.807, 2.05) is 0 Å². The van der Waals surface area contributed by atoms with Crippen LogP contribution >= 0.6 is 0 Å². The highest BCUT2D eigenvalue weighted by Crippen LogP contribution is 2.18. The molecule has 0 N–H and O–H groups in total. The zero-order valence-corrected chi connectivity index (χ0v) is 8.26. The third-order valence-corrected chi connectivity index (χ3v) is 3.04. The summed E-state index contributed by atoms with van der Waals surface area (Å²) in [6.45, 7) is 1.67. The van der Waals surface area contributed by atoms with E-state index in [0.717, 1.165) is 6.26 Å². The first-order valence-electron chi connectivity index (χ1n) is 3.71. The molecule has 0 aliphatic rings. The number of aldehydes is 1.